The van der Waals surface area contributed by atoms with Crippen LogP contribution in [0.2, 0.25) is 0 Å². The van der Waals surface area contributed by atoms with Crippen LogP contribution in [0.5, 0.6) is 0 Å². The first kappa shape index (κ1) is 15.5. The number of hydrogen-bond donors (Lipinski definition) is 0. The molecule has 0 fully saturated rings. The van der Waals surface area contributed by atoms with Crippen LogP contribution in [0, 0.1) is 0 Å². The predicted molar refractivity (Wildman–Crippen MR) is 78.1 cm³/mol. The Kier molecular flexibility index (Phi) is 4.94. The van der Waals surface area contributed by atoms with Gasteiger partial charge in [-0.25, -0.2) is 13.4 Å². The van der Waals surface area contributed by atoms with Gasteiger partial charge in [-0.15, -0.1) is 0 Å². The van der Waals surface area contributed by atoms with Crippen LogP contribution in [0.4, 0.5) is 0 Å². The summed E-state index contributed by atoms with van der Waals surface area (Å²) in [5, 5.41) is 0. The van der Waals surface area contributed by atoms with Gasteiger partial charge in [-0.05, 0) is 17.7 Å². The van der Waals surface area contributed by atoms with Gasteiger partial charge in [0.05, 0.1) is 11.4 Å². The molecular formula is C13H21N3O2S. The Hall–Kier alpha value is -1.56. The van der Waals surface area contributed by atoms with Crippen LogP contribution in [0.1, 0.15) is 5.56 Å². The van der Waals surface area contributed by atoms with Crippen molar-refractivity contribution in [3.63, 3.8) is 0 Å². The summed E-state index contributed by atoms with van der Waals surface area (Å²) in [5.74, 6) is 0.868. The van der Waals surface area contributed by atoms with Crippen LogP contribution in [0.15, 0.2) is 34.2 Å². The Bertz CT molecular complexity index is 536. The fourth-order valence-corrected chi connectivity index (χ4v) is 2.32. The number of rotatable bonds is 3. The highest BCUT2D eigenvalue weighted by Gasteiger charge is 2.07. The summed E-state index contributed by atoms with van der Waals surface area (Å²) in [7, 11) is 4.61. The lowest BCUT2D eigenvalue weighted by molar-refractivity contribution is 0.479. The number of benzene rings is 1. The molecule has 6 heteroatoms. The molecule has 0 aliphatic carbocycles. The third-order valence-electron chi connectivity index (χ3n) is 2.55. The van der Waals surface area contributed by atoms with Gasteiger partial charge in [-0.3, -0.25) is 0 Å². The first-order valence-electron chi connectivity index (χ1n) is 5.90. The van der Waals surface area contributed by atoms with Gasteiger partial charge in [0, 0.05) is 34.4 Å². The number of guanidine groups is 1. The molecule has 0 amide bonds. The van der Waals surface area contributed by atoms with Crippen molar-refractivity contribution in [2.75, 3.05) is 34.4 Å². The van der Waals surface area contributed by atoms with E-state index in [0.717, 1.165) is 11.5 Å². The van der Waals surface area contributed by atoms with Gasteiger partial charge >= 0.3 is 0 Å². The molecule has 0 spiro atoms. The van der Waals surface area contributed by atoms with E-state index in [1.54, 1.807) is 24.3 Å². The standard InChI is InChI=1S/C13H21N3O2S/c1-15(2)13(16(3)4)14-10-11-6-8-12(9-7-11)19(5,17)18/h6-9H,10H2,1-5H3. The maximum atomic E-state index is 11.3. The maximum absolute atomic E-state index is 11.3. The number of aliphatic imine (C=N–C) groups is 1. The Labute approximate surface area is 115 Å². The fourth-order valence-electron chi connectivity index (χ4n) is 1.69. The molecule has 0 radical (unpaired) electrons. The summed E-state index contributed by atoms with van der Waals surface area (Å²) in [5.41, 5.74) is 0.980. The Morgan fingerprint density at radius 3 is 1.89 bits per heavy atom. The van der Waals surface area contributed by atoms with E-state index in [-0.39, 0.29) is 0 Å². The molecule has 0 atom stereocenters. The van der Waals surface area contributed by atoms with E-state index in [4.69, 9.17) is 0 Å². The van der Waals surface area contributed by atoms with Crippen molar-refractivity contribution >= 4 is 15.8 Å². The molecular weight excluding hydrogens is 262 g/mol. The summed E-state index contributed by atoms with van der Waals surface area (Å²) >= 11 is 0. The van der Waals surface area contributed by atoms with Crippen molar-refractivity contribution in [3.8, 4) is 0 Å². The average Bonchev–Trinajstić information content (AvgIpc) is 2.27. The Balaban J connectivity index is 2.87. The highest BCUT2D eigenvalue weighted by atomic mass is 32.2. The average molecular weight is 283 g/mol. The highest BCUT2D eigenvalue weighted by Crippen LogP contribution is 2.11. The summed E-state index contributed by atoms with van der Waals surface area (Å²) < 4.78 is 22.7. The molecule has 0 N–H and O–H groups in total. The molecule has 5 nitrogen and oxygen atoms in total. The molecule has 0 unspecified atom stereocenters. The van der Waals surface area contributed by atoms with Crippen LogP contribution in [0.3, 0.4) is 0 Å². The number of hydrogen-bond acceptors (Lipinski definition) is 3. The second-order valence-corrected chi connectivity index (χ2v) is 6.84. The summed E-state index contributed by atoms with van der Waals surface area (Å²) in [4.78, 5) is 8.71. The van der Waals surface area contributed by atoms with E-state index < -0.39 is 9.84 Å². The van der Waals surface area contributed by atoms with E-state index in [9.17, 15) is 8.42 Å². The van der Waals surface area contributed by atoms with Crippen molar-refractivity contribution in [1.82, 2.24) is 9.80 Å². The van der Waals surface area contributed by atoms with Crippen molar-refractivity contribution in [1.29, 1.82) is 0 Å². The zero-order chi connectivity index (χ0) is 14.6. The van der Waals surface area contributed by atoms with E-state index >= 15 is 0 Å². The van der Waals surface area contributed by atoms with Gasteiger partial charge in [-0.1, -0.05) is 12.1 Å². The molecule has 1 aromatic carbocycles. The molecule has 19 heavy (non-hydrogen) atoms. The van der Waals surface area contributed by atoms with Crippen molar-refractivity contribution in [3.05, 3.63) is 29.8 Å². The van der Waals surface area contributed by atoms with Crippen molar-refractivity contribution in [2.24, 2.45) is 4.99 Å². The summed E-state index contributed by atoms with van der Waals surface area (Å²) in [6, 6.07) is 6.82. The summed E-state index contributed by atoms with van der Waals surface area (Å²) in [6.07, 6.45) is 1.20. The SMILES string of the molecule is CN(C)C(=NCc1ccc(S(C)(=O)=O)cc1)N(C)C. The van der Waals surface area contributed by atoms with Gasteiger partial charge < -0.3 is 9.80 Å². The fraction of sp³-hybridized carbons (Fsp3) is 0.462. The van der Waals surface area contributed by atoms with Gasteiger partial charge in [0.15, 0.2) is 15.8 Å². The topological polar surface area (TPSA) is 53.0 Å². The third kappa shape index (κ3) is 4.55. The second kappa shape index (κ2) is 6.06. The van der Waals surface area contributed by atoms with Gasteiger partial charge in [0.1, 0.15) is 0 Å². The van der Waals surface area contributed by atoms with Crippen molar-refractivity contribution in [2.45, 2.75) is 11.4 Å². The van der Waals surface area contributed by atoms with Crippen LogP contribution in [-0.2, 0) is 16.4 Å². The zero-order valence-electron chi connectivity index (χ0n) is 12.1. The minimum Gasteiger partial charge on any atom is -0.349 e. The molecule has 0 aliphatic heterocycles. The molecule has 0 bridgehead atoms. The number of sulfone groups is 1. The van der Waals surface area contributed by atoms with Crippen molar-refractivity contribution < 1.29 is 8.42 Å². The zero-order valence-corrected chi connectivity index (χ0v) is 12.9. The smallest absolute Gasteiger partial charge is 0.195 e. The van der Waals surface area contributed by atoms with Gasteiger partial charge in [-0.2, -0.15) is 0 Å². The van der Waals surface area contributed by atoms with E-state index in [2.05, 4.69) is 4.99 Å². The van der Waals surface area contributed by atoms with Crippen LogP contribution < -0.4 is 0 Å². The van der Waals surface area contributed by atoms with Gasteiger partial charge in [0.25, 0.3) is 0 Å². The second-order valence-electron chi connectivity index (χ2n) is 4.82. The lowest BCUT2D eigenvalue weighted by Crippen LogP contribution is -2.35. The molecule has 106 valence electrons. The Morgan fingerprint density at radius 1 is 1.05 bits per heavy atom. The third-order valence-corrected chi connectivity index (χ3v) is 3.68. The maximum Gasteiger partial charge on any atom is 0.195 e. The lowest BCUT2D eigenvalue weighted by Gasteiger charge is -2.22. The van der Waals surface area contributed by atoms with Crippen LogP contribution >= 0.6 is 0 Å². The first-order chi connectivity index (χ1) is 8.71. The normalized spacial score (nSPS) is 11.0. The lowest BCUT2D eigenvalue weighted by atomic mass is 10.2. The molecule has 0 heterocycles. The molecule has 0 saturated carbocycles. The molecule has 0 aromatic heterocycles. The number of nitrogens with zero attached hydrogens (tertiary/aromatic N) is 3. The Morgan fingerprint density at radius 2 is 1.53 bits per heavy atom. The highest BCUT2D eigenvalue weighted by molar-refractivity contribution is 7.90. The monoisotopic (exact) mass is 283 g/mol. The molecule has 0 saturated heterocycles. The van der Waals surface area contributed by atoms with Crippen LogP contribution in [-0.4, -0.2) is 58.6 Å². The van der Waals surface area contributed by atoms with E-state index in [0.29, 0.717) is 11.4 Å². The van der Waals surface area contributed by atoms with Crippen LogP contribution in [0.25, 0.3) is 0 Å². The first-order valence-corrected chi connectivity index (χ1v) is 7.79. The minimum atomic E-state index is -3.13. The van der Waals surface area contributed by atoms with E-state index in [1.807, 2.05) is 38.0 Å². The molecule has 1 rings (SSSR count). The largest absolute Gasteiger partial charge is 0.349 e. The minimum absolute atomic E-state index is 0.334. The quantitative estimate of drug-likeness (QED) is 0.615. The molecule has 0 aliphatic rings. The van der Waals surface area contributed by atoms with E-state index in [1.165, 1.54) is 6.26 Å². The predicted octanol–water partition coefficient (Wildman–Crippen LogP) is 1.07. The summed E-state index contributed by atoms with van der Waals surface area (Å²) in [6.45, 7) is 0.524. The van der Waals surface area contributed by atoms with Gasteiger partial charge in [0.2, 0.25) is 0 Å². The molecule has 1 aromatic rings.